The predicted molar refractivity (Wildman–Crippen MR) is 121 cm³/mol. The van der Waals surface area contributed by atoms with Gasteiger partial charge in [-0.3, -0.25) is 4.79 Å². The van der Waals surface area contributed by atoms with Crippen molar-refractivity contribution in [3.63, 3.8) is 0 Å². The Morgan fingerprint density at radius 1 is 1.10 bits per heavy atom. The van der Waals surface area contributed by atoms with Crippen LogP contribution in [-0.2, 0) is 0 Å². The van der Waals surface area contributed by atoms with Gasteiger partial charge in [-0.1, -0.05) is 6.07 Å². The number of hydrogen-bond donors (Lipinski definition) is 1. The molecule has 1 aromatic carbocycles. The van der Waals surface area contributed by atoms with Crippen molar-refractivity contribution in [2.45, 2.75) is 18.9 Å². The standard InChI is InChI=1S/C22H28N8O/c1-27-14-11-18(12-15-27)28(2)20(31)16-7-9-17(10-8-16)29(3)22-25-21(23)30(26-22)19-6-4-5-13-24-19/h4-10,13,18H,11-12,14-15H2,1-3H3,(H2,23,25,26). The number of hydrogen-bond acceptors (Lipinski definition) is 7. The van der Waals surface area contributed by atoms with E-state index < -0.39 is 0 Å². The van der Waals surface area contributed by atoms with E-state index in [2.05, 4.69) is 27.0 Å². The number of nitrogens with zero attached hydrogens (tertiary/aromatic N) is 7. The Kier molecular flexibility index (Phi) is 5.85. The number of benzene rings is 1. The van der Waals surface area contributed by atoms with Crippen molar-refractivity contribution in [1.29, 1.82) is 0 Å². The number of pyridine rings is 1. The maximum atomic E-state index is 12.9. The monoisotopic (exact) mass is 420 g/mol. The zero-order valence-electron chi connectivity index (χ0n) is 18.1. The summed E-state index contributed by atoms with van der Waals surface area (Å²) in [5, 5.41) is 4.47. The minimum atomic E-state index is 0.0468. The molecule has 162 valence electrons. The molecule has 9 heteroatoms. The highest BCUT2D eigenvalue weighted by Crippen LogP contribution is 2.24. The van der Waals surface area contributed by atoms with Gasteiger partial charge < -0.3 is 20.4 Å². The number of carbonyl (C=O) groups excluding carboxylic acids is 1. The fraction of sp³-hybridized carbons (Fsp3) is 0.364. The second-order valence-electron chi connectivity index (χ2n) is 7.93. The molecule has 0 bridgehead atoms. The van der Waals surface area contributed by atoms with E-state index in [1.807, 2.05) is 66.4 Å². The zero-order valence-corrected chi connectivity index (χ0v) is 18.1. The molecule has 0 radical (unpaired) electrons. The van der Waals surface area contributed by atoms with E-state index >= 15 is 0 Å². The summed E-state index contributed by atoms with van der Waals surface area (Å²) in [4.78, 5) is 27.5. The summed E-state index contributed by atoms with van der Waals surface area (Å²) >= 11 is 0. The number of aromatic nitrogens is 4. The van der Waals surface area contributed by atoms with Gasteiger partial charge in [0.2, 0.25) is 5.95 Å². The van der Waals surface area contributed by atoms with Crippen molar-refractivity contribution in [1.82, 2.24) is 29.5 Å². The van der Waals surface area contributed by atoms with Gasteiger partial charge in [-0.05, 0) is 69.4 Å². The van der Waals surface area contributed by atoms with Crippen molar-refractivity contribution >= 4 is 23.5 Å². The molecule has 0 atom stereocenters. The Morgan fingerprint density at radius 2 is 1.81 bits per heavy atom. The number of nitrogen functional groups attached to an aromatic ring is 1. The average Bonchev–Trinajstić information content (AvgIpc) is 3.20. The molecule has 1 fully saturated rings. The quantitative estimate of drug-likeness (QED) is 0.676. The van der Waals surface area contributed by atoms with Gasteiger partial charge in [-0.15, -0.1) is 5.10 Å². The number of rotatable bonds is 5. The van der Waals surface area contributed by atoms with Gasteiger partial charge in [0.1, 0.15) is 0 Å². The minimum absolute atomic E-state index is 0.0468. The molecule has 1 aliphatic rings. The van der Waals surface area contributed by atoms with Crippen LogP contribution in [0, 0.1) is 0 Å². The van der Waals surface area contributed by atoms with E-state index in [-0.39, 0.29) is 17.9 Å². The molecular formula is C22H28N8O. The van der Waals surface area contributed by atoms with E-state index in [4.69, 9.17) is 5.73 Å². The van der Waals surface area contributed by atoms with Crippen LogP contribution in [0.15, 0.2) is 48.7 Å². The van der Waals surface area contributed by atoms with Gasteiger partial charge in [-0.2, -0.15) is 9.67 Å². The Morgan fingerprint density at radius 3 is 2.45 bits per heavy atom. The molecule has 4 rings (SSSR count). The third-order valence-corrected chi connectivity index (χ3v) is 5.84. The molecule has 1 amide bonds. The molecular weight excluding hydrogens is 392 g/mol. The molecule has 0 unspecified atom stereocenters. The van der Waals surface area contributed by atoms with Crippen LogP contribution in [0.1, 0.15) is 23.2 Å². The molecule has 1 aliphatic heterocycles. The van der Waals surface area contributed by atoms with Crippen LogP contribution < -0.4 is 10.6 Å². The number of likely N-dealkylation sites (tertiary alicyclic amines) is 1. The summed E-state index contributed by atoms with van der Waals surface area (Å²) in [6, 6.07) is 13.3. The van der Waals surface area contributed by atoms with Crippen LogP contribution in [0.2, 0.25) is 0 Å². The second kappa shape index (κ2) is 8.73. The number of amides is 1. The van der Waals surface area contributed by atoms with Crippen molar-refractivity contribution in [2.75, 3.05) is 44.9 Å². The topological polar surface area (TPSA) is 96.4 Å². The lowest BCUT2D eigenvalue weighted by atomic mass is 10.0. The normalized spacial score (nSPS) is 15.1. The molecule has 3 aromatic rings. The molecule has 1 saturated heterocycles. The van der Waals surface area contributed by atoms with Crippen LogP contribution in [-0.4, -0.2) is 75.7 Å². The SMILES string of the molecule is CN1CCC(N(C)C(=O)c2ccc(N(C)c3nc(N)n(-c4ccccn4)n3)cc2)CC1. The van der Waals surface area contributed by atoms with Crippen molar-refractivity contribution in [3.8, 4) is 5.82 Å². The van der Waals surface area contributed by atoms with Crippen LogP contribution in [0.4, 0.5) is 17.6 Å². The summed E-state index contributed by atoms with van der Waals surface area (Å²) < 4.78 is 1.50. The largest absolute Gasteiger partial charge is 0.368 e. The first kappa shape index (κ1) is 20.8. The molecule has 9 nitrogen and oxygen atoms in total. The summed E-state index contributed by atoms with van der Waals surface area (Å²) in [6.07, 6.45) is 3.69. The molecule has 2 aromatic heterocycles. The first-order chi connectivity index (χ1) is 14.9. The van der Waals surface area contributed by atoms with Gasteiger partial charge in [0.05, 0.1) is 0 Å². The van der Waals surface area contributed by atoms with Crippen molar-refractivity contribution in [3.05, 3.63) is 54.2 Å². The van der Waals surface area contributed by atoms with Gasteiger partial charge in [0.15, 0.2) is 5.82 Å². The van der Waals surface area contributed by atoms with E-state index in [0.717, 1.165) is 31.6 Å². The summed E-state index contributed by atoms with van der Waals surface area (Å²) in [5.41, 5.74) is 7.56. The Balaban J connectivity index is 1.47. The number of nitrogens with two attached hydrogens (primary N) is 1. The van der Waals surface area contributed by atoms with Gasteiger partial charge in [0, 0.05) is 37.6 Å². The Hall–Kier alpha value is -3.46. The lowest BCUT2D eigenvalue weighted by Gasteiger charge is -2.35. The highest BCUT2D eigenvalue weighted by atomic mass is 16.2. The van der Waals surface area contributed by atoms with Crippen LogP contribution in [0.25, 0.3) is 5.82 Å². The van der Waals surface area contributed by atoms with Gasteiger partial charge in [-0.25, -0.2) is 4.98 Å². The van der Waals surface area contributed by atoms with E-state index in [9.17, 15) is 4.79 Å². The van der Waals surface area contributed by atoms with Crippen LogP contribution in [0.5, 0.6) is 0 Å². The Bertz CT molecular complexity index is 1030. The highest BCUT2D eigenvalue weighted by molar-refractivity contribution is 5.94. The fourth-order valence-corrected chi connectivity index (χ4v) is 3.80. The van der Waals surface area contributed by atoms with E-state index in [1.165, 1.54) is 4.68 Å². The van der Waals surface area contributed by atoms with E-state index in [0.29, 0.717) is 17.3 Å². The highest BCUT2D eigenvalue weighted by Gasteiger charge is 2.25. The van der Waals surface area contributed by atoms with Crippen molar-refractivity contribution < 1.29 is 4.79 Å². The fourth-order valence-electron chi connectivity index (χ4n) is 3.80. The third kappa shape index (κ3) is 4.36. The Labute approximate surface area is 182 Å². The molecule has 31 heavy (non-hydrogen) atoms. The first-order valence-electron chi connectivity index (χ1n) is 10.4. The predicted octanol–water partition coefficient (Wildman–Crippen LogP) is 2.18. The summed E-state index contributed by atoms with van der Waals surface area (Å²) in [6.45, 7) is 2.04. The number of piperidine rings is 1. The lowest BCUT2D eigenvalue weighted by Crippen LogP contribution is -2.44. The maximum absolute atomic E-state index is 12.9. The molecule has 0 spiro atoms. The van der Waals surface area contributed by atoms with Gasteiger partial charge in [0.25, 0.3) is 11.9 Å². The summed E-state index contributed by atoms with van der Waals surface area (Å²) in [7, 11) is 5.88. The lowest BCUT2D eigenvalue weighted by molar-refractivity contribution is 0.0659. The first-order valence-corrected chi connectivity index (χ1v) is 10.4. The molecule has 2 N–H and O–H groups in total. The molecule has 0 aliphatic carbocycles. The van der Waals surface area contributed by atoms with Crippen LogP contribution >= 0.6 is 0 Å². The minimum Gasteiger partial charge on any atom is -0.368 e. The molecule has 0 saturated carbocycles. The zero-order chi connectivity index (χ0) is 22.0. The summed E-state index contributed by atoms with van der Waals surface area (Å²) in [5.74, 6) is 1.35. The maximum Gasteiger partial charge on any atom is 0.253 e. The number of anilines is 3. The smallest absolute Gasteiger partial charge is 0.253 e. The second-order valence-corrected chi connectivity index (χ2v) is 7.93. The molecule has 3 heterocycles. The average molecular weight is 421 g/mol. The van der Waals surface area contributed by atoms with Gasteiger partial charge >= 0.3 is 0 Å². The number of carbonyl (C=O) groups is 1. The third-order valence-electron chi connectivity index (χ3n) is 5.84. The van der Waals surface area contributed by atoms with E-state index in [1.54, 1.807) is 6.20 Å². The van der Waals surface area contributed by atoms with Crippen LogP contribution in [0.3, 0.4) is 0 Å². The van der Waals surface area contributed by atoms with Crippen molar-refractivity contribution in [2.24, 2.45) is 0 Å².